The Labute approximate surface area is 170 Å². The first-order valence-corrected chi connectivity index (χ1v) is 10.5. The van der Waals surface area contributed by atoms with E-state index in [1.807, 2.05) is 51.1 Å². The molecule has 0 unspecified atom stereocenters. The first-order chi connectivity index (χ1) is 13.5. The molecular weight excluding hydrogens is 392 g/mol. The van der Waals surface area contributed by atoms with Gasteiger partial charge in [-0.25, -0.2) is 15.0 Å². The third-order valence-corrected chi connectivity index (χ3v) is 6.04. The van der Waals surface area contributed by atoms with Gasteiger partial charge in [-0.15, -0.1) is 11.3 Å². The minimum absolute atomic E-state index is 0.130. The summed E-state index contributed by atoms with van der Waals surface area (Å²) >= 11 is 3.01. The molecule has 0 saturated heterocycles. The van der Waals surface area contributed by atoms with E-state index in [2.05, 4.69) is 25.4 Å². The molecule has 28 heavy (non-hydrogen) atoms. The molecule has 0 spiro atoms. The monoisotopic (exact) mass is 410 g/mol. The Morgan fingerprint density at radius 1 is 1.07 bits per heavy atom. The number of benzene rings is 1. The number of nitrogens with zero attached hydrogens (tertiary/aromatic N) is 5. The van der Waals surface area contributed by atoms with Crippen molar-refractivity contribution in [1.82, 2.24) is 24.7 Å². The topological polar surface area (TPSA) is 85.6 Å². The van der Waals surface area contributed by atoms with Crippen molar-refractivity contribution in [2.75, 3.05) is 11.1 Å². The van der Waals surface area contributed by atoms with Crippen LogP contribution < -0.4 is 5.32 Å². The Hall–Kier alpha value is -2.78. The van der Waals surface area contributed by atoms with Crippen LogP contribution in [0.25, 0.3) is 16.2 Å². The molecule has 1 amide bonds. The molecule has 1 aromatic carbocycles. The smallest absolute Gasteiger partial charge is 0.252 e. The maximum atomic E-state index is 12.5. The van der Waals surface area contributed by atoms with Crippen LogP contribution in [0.2, 0.25) is 0 Å². The summed E-state index contributed by atoms with van der Waals surface area (Å²) < 4.78 is 3.56. The Morgan fingerprint density at radius 3 is 2.57 bits per heavy atom. The molecule has 7 nitrogen and oxygen atoms in total. The van der Waals surface area contributed by atoms with E-state index < -0.39 is 0 Å². The number of thioether (sulfide) groups is 1. The van der Waals surface area contributed by atoms with Crippen LogP contribution in [0.15, 0.2) is 40.7 Å². The number of aromatic nitrogens is 5. The lowest BCUT2D eigenvalue weighted by Gasteiger charge is -2.08. The van der Waals surface area contributed by atoms with Crippen molar-refractivity contribution < 1.29 is 4.79 Å². The van der Waals surface area contributed by atoms with Gasteiger partial charge in [0.25, 0.3) is 5.95 Å². The maximum Gasteiger partial charge on any atom is 0.252 e. The standard InChI is InChI=1S/C19H18N6OS2/c1-11-8-12(2)21-18(20-11)25-16(9-13(3)24-25)23-17(26)10-27-19-22-14-6-4-5-7-15(14)28-19/h4-9H,10H2,1-3H3,(H,23,26). The SMILES string of the molecule is Cc1cc(C)nc(-n2nc(C)cc2NC(=O)CSc2nc3ccccc3s2)n1. The fourth-order valence-electron chi connectivity index (χ4n) is 2.76. The Kier molecular flexibility index (Phi) is 5.10. The number of fused-ring (bicyclic) bond motifs is 1. The summed E-state index contributed by atoms with van der Waals surface area (Å²) in [6.45, 7) is 5.67. The number of thiazole rings is 1. The summed E-state index contributed by atoms with van der Waals surface area (Å²) in [5.41, 5.74) is 3.42. The van der Waals surface area contributed by atoms with E-state index in [1.165, 1.54) is 11.8 Å². The number of aryl methyl sites for hydroxylation is 3. The van der Waals surface area contributed by atoms with Crippen molar-refractivity contribution in [2.24, 2.45) is 0 Å². The van der Waals surface area contributed by atoms with Crippen molar-refractivity contribution in [3.8, 4) is 5.95 Å². The lowest BCUT2D eigenvalue weighted by atomic mass is 10.3. The van der Waals surface area contributed by atoms with Crippen molar-refractivity contribution in [3.05, 3.63) is 53.5 Å². The molecule has 0 bridgehead atoms. The molecule has 0 fully saturated rings. The second-order valence-corrected chi connectivity index (χ2v) is 8.57. The number of carbonyl (C=O) groups is 1. The highest BCUT2D eigenvalue weighted by atomic mass is 32.2. The van der Waals surface area contributed by atoms with E-state index in [-0.39, 0.29) is 11.7 Å². The van der Waals surface area contributed by atoms with Gasteiger partial charge in [0.2, 0.25) is 5.91 Å². The highest BCUT2D eigenvalue weighted by Crippen LogP contribution is 2.29. The zero-order valence-corrected chi connectivity index (χ0v) is 17.3. The zero-order chi connectivity index (χ0) is 19.7. The van der Waals surface area contributed by atoms with Crippen molar-refractivity contribution >= 4 is 45.0 Å². The second kappa shape index (κ2) is 7.69. The fourth-order valence-corrected chi connectivity index (χ4v) is 4.63. The average Bonchev–Trinajstić information content (AvgIpc) is 3.22. The van der Waals surface area contributed by atoms with Gasteiger partial charge >= 0.3 is 0 Å². The number of hydrogen-bond acceptors (Lipinski definition) is 7. The van der Waals surface area contributed by atoms with Crippen LogP contribution in [0.4, 0.5) is 5.82 Å². The largest absolute Gasteiger partial charge is 0.310 e. The van der Waals surface area contributed by atoms with Crippen molar-refractivity contribution in [3.63, 3.8) is 0 Å². The maximum absolute atomic E-state index is 12.5. The molecule has 4 rings (SSSR count). The van der Waals surface area contributed by atoms with E-state index in [9.17, 15) is 4.79 Å². The van der Waals surface area contributed by atoms with Gasteiger partial charge in [-0.05, 0) is 39.0 Å². The first-order valence-electron chi connectivity index (χ1n) is 8.65. The van der Waals surface area contributed by atoms with Crippen LogP contribution in [0, 0.1) is 20.8 Å². The molecule has 0 atom stereocenters. The number of carbonyl (C=O) groups excluding carboxylic acids is 1. The fraction of sp³-hybridized carbons (Fsp3) is 0.211. The highest BCUT2D eigenvalue weighted by molar-refractivity contribution is 8.01. The third-order valence-electron chi connectivity index (χ3n) is 3.86. The molecule has 0 aliphatic heterocycles. The molecule has 0 aliphatic carbocycles. The van der Waals surface area contributed by atoms with Gasteiger partial charge in [0.15, 0.2) is 4.34 Å². The summed E-state index contributed by atoms with van der Waals surface area (Å²) in [4.78, 5) is 25.9. The molecule has 3 aromatic heterocycles. The van der Waals surface area contributed by atoms with E-state index in [0.717, 1.165) is 31.6 Å². The lowest BCUT2D eigenvalue weighted by Crippen LogP contribution is -2.18. The van der Waals surface area contributed by atoms with Gasteiger partial charge in [-0.1, -0.05) is 23.9 Å². The van der Waals surface area contributed by atoms with Crippen molar-refractivity contribution in [2.45, 2.75) is 25.1 Å². The molecule has 0 saturated carbocycles. The normalized spacial score (nSPS) is 11.1. The molecule has 0 aliphatic rings. The van der Waals surface area contributed by atoms with Gasteiger partial charge in [0.05, 0.1) is 21.7 Å². The number of hydrogen-bond donors (Lipinski definition) is 1. The van der Waals surface area contributed by atoms with Crippen LogP contribution in [0.5, 0.6) is 0 Å². The molecular formula is C19H18N6OS2. The summed E-state index contributed by atoms with van der Waals surface area (Å²) in [5, 5.41) is 7.33. The van der Waals surface area contributed by atoms with E-state index >= 15 is 0 Å². The summed E-state index contributed by atoms with van der Waals surface area (Å²) in [6, 6.07) is 11.7. The minimum atomic E-state index is -0.130. The number of para-hydroxylation sites is 1. The quantitative estimate of drug-likeness (QED) is 0.502. The van der Waals surface area contributed by atoms with Crippen LogP contribution in [-0.4, -0.2) is 36.4 Å². The Bertz CT molecular complexity index is 1110. The van der Waals surface area contributed by atoms with E-state index in [4.69, 9.17) is 0 Å². The van der Waals surface area contributed by atoms with Crippen LogP contribution >= 0.6 is 23.1 Å². The number of rotatable bonds is 5. The lowest BCUT2D eigenvalue weighted by molar-refractivity contribution is -0.113. The van der Waals surface area contributed by atoms with Crippen LogP contribution in [0.1, 0.15) is 17.1 Å². The summed E-state index contributed by atoms with van der Waals surface area (Å²) in [7, 11) is 0. The van der Waals surface area contributed by atoms with Gasteiger partial charge < -0.3 is 5.32 Å². The molecule has 0 radical (unpaired) electrons. The summed E-state index contributed by atoms with van der Waals surface area (Å²) in [5.74, 6) is 1.13. The molecule has 9 heteroatoms. The number of amides is 1. The molecule has 142 valence electrons. The minimum Gasteiger partial charge on any atom is -0.310 e. The average molecular weight is 411 g/mol. The summed E-state index contributed by atoms with van der Waals surface area (Å²) in [6.07, 6.45) is 0. The Balaban J connectivity index is 1.48. The predicted octanol–water partition coefficient (Wildman–Crippen LogP) is 3.93. The molecule has 3 heterocycles. The second-order valence-electron chi connectivity index (χ2n) is 6.32. The first kappa shape index (κ1) is 18.6. The highest BCUT2D eigenvalue weighted by Gasteiger charge is 2.14. The third kappa shape index (κ3) is 4.05. The molecule has 4 aromatic rings. The van der Waals surface area contributed by atoms with E-state index in [0.29, 0.717) is 11.8 Å². The van der Waals surface area contributed by atoms with Crippen LogP contribution in [-0.2, 0) is 4.79 Å². The van der Waals surface area contributed by atoms with Crippen LogP contribution in [0.3, 0.4) is 0 Å². The van der Waals surface area contributed by atoms with Gasteiger partial charge in [-0.2, -0.15) is 9.78 Å². The Morgan fingerprint density at radius 2 is 1.82 bits per heavy atom. The number of anilines is 1. The van der Waals surface area contributed by atoms with E-state index in [1.54, 1.807) is 22.1 Å². The zero-order valence-electron chi connectivity index (χ0n) is 15.6. The van der Waals surface area contributed by atoms with Gasteiger partial charge in [0, 0.05) is 17.5 Å². The van der Waals surface area contributed by atoms with Gasteiger partial charge in [-0.3, -0.25) is 4.79 Å². The van der Waals surface area contributed by atoms with Crippen molar-refractivity contribution in [1.29, 1.82) is 0 Å². The predicted molar refractivity (Wildman–Crippen MR) is 112 cm³/mol. The molecule has 1 N–H and O–H groups in total. The van der Waals surface area contributed by atoms with Gasteiger partial charge in [0.1, 0.15) is 5.82 Å². The number of nitrogens with one attached hydrogen (secondary N) is 1.